The van der Waals surface area contributed by atoms with E-state index in [1.54, 1.807) is 72.8 Å². The summed E-state index contributed by atoms with van der Waals surface area (Å²) in [6.07, 6.45) is -1.01. The molecule has 34 heavy (non-hydrogen) atoms. The topological polar surface area (TPSA) is 68.3 Å². The minimum Gasteiger partial charge on any atom is -0.497 e. The van der Waals surface area contributed by atoms with Gasteiger partial charge in [0.05, 0.1) is 31.6 Å². The number of benzene rings is 3. The number of halogens is 2. The summed E-state index contributed by atoms with van der Waals surface area (Å²) in [4.78, 5) is 34.4. The first-order chi connectivity index (χ1) is 16.4. The summed E-state index contributed by atoms with van der Waals surface area (Å²) in [5.74, 6) is -0.537. The fourth-order valence-electron chi connectivity index (χ4n) is 4.47. The second-order valence-electron chi connectivity index (χ2n) is 7.90. The second-order valence-corrected chi connectivity index (χ2v) is 8.77. The molecule has 2 heterocycles. The van der Waals surface area contributed by atoms with Crippen LogP contribution < -0.4 is 19.4 Å². The number of carbonyl (C=O) groups excluding carboxylic acids is 2. The van der Waals surface area contributed by atoms with Gasteiger partial charge in [0, 0.05) is 21.7 Å². The molecule has 0 spiro atoms. The van der Waals surface area contributed by atoms with Crippen molar-refractivity contribution < 1.29 is 23.9 Å². The van der Waals surface area contributed by atoms with E-state index >= 15 is 0 Å². The van der Waals surface area contributed by atoms with Gasteiger partial charge in [0.25, 0.3) is 5.91 Å². The second kappa shape index (κ2) is 8.83. The fourth-order valence-corrected chi connectivity index (χ4v) is 4.79. The zero-order chi connectivity index (χ0) is 24.0. The molecule has 3 atom stereocenters. The maximum absolute atomic E-state index is 13.7. The van der Waals surface area contributed by atoms with Crippen LogP contribution in [0.4, 0.5) is 11.4 Å². The lowest BCUT2D eigenvalue weighted by atomic mass is 9.90. The molecule has 3 aromatic rings. The first kappa shape index (κ1) is 22.5. The molecule has 0 aliphatic carbocycles. The molecule has 0 N–H and O–H groups in total. The van der Waals surface area contributed by atoms with Gasteiger partial charge in [-0.25, -0.2) is 9.96 Å². The highest BCUT2D eigenvalue weighted by Gasteiger charge is 2.60. The Hall–Kier alpha value is -3.26. The molecule has 2 fully saturated rings. The van der Waals surface area contributed by atoms with E-state index in [0.29, 0.717) is 38.5 Å². The van der Waals surface area contributed by atoms with Crippen LogP contribution in [0.3, 0.4) is 0 Å². The number of hydrogen-bond acceptors (Lipinski definition) is 6. The zero-order valence-corrected chi connectivity index (χ0v) is 19.8. The summed E-state index contributed by atoms with van der Waals surface area (Å²) >= 11 is 12.2. The Bertz CT molecular complexity index is 1270. The number of hydroxylamine groups is 1. The van der Waals surface area contributed by atoms with Gasteiger partial charge < -0.3 is 9.47 Å². The molecule has 0 unspecified atom stereocenters. The fraction of sp³-hybridized carbons (Fsp3) is 0.200. The zero-order valence-electron chi connectivity index (χ0n) is 18.3. The maximum Gasteiger partial charge on any atom is 0.266 e. The monoisotopic (exact) mass is 498 g/mol. The molecular formula is C25H20Cl2N2O5. The van der Waals surface area contributed by atoms with Gasteiger partial charge in [0.15, 0.2) is 6.10 Å². The van der Waals surface area contributed by atoms with E-state index in [2.05, 4.69) is 0 Å². The van der Waals surface area contributed by atoms with Crippen LogP contribution in [0.2, 0.25) is 10.0 Å². The van der Waals surface area contributed by atoms with Gasteiger partial charge >= 0.3 is 0 Å². The number of anilines is 2. The number of imide groups is 1. The Balaban J connectivity index is 1.63. The first-order valence-corrected chi connectivity index (χ1v) is 11.3. The Morgan fingerprint density at radius 3 is 2.26 bits per heavy atom. The third kappa shape index (κ3) is 3.66. The molecule has 2 aliphatic rings. The lowest BCUT2D eigenvalue weighted by Crippen LogP contribution is -2.37. The Morgan fingerprint density at radius 1 is 0.824 bits per heavy atom. The highest BCUT2D eigenvalue weighted by molar-refractivity contribution is 6.31. The molecule has 0 saturated carbocycles. The van der Waals surface area contributed by atoms with E-state index in [0.717, 1.165) is 4.90 Å². The summed E-state index contributed by atoms with van der Waals surface area (Å²) in [5, 5.41) is 2.56. The molecule has 0 aromatic heterocycles. The van der Waals surface area contributed by atoms with Crippen LogP contribution in [0.15, 0.2) is 66.7 Å². The number of rotatable bonds is 5. The molecule has 7 nitrogen and oxygen atoms in total. The normalized spacial score (nSPS) is 21.7. The van der Waals surface area contributed by atoms with Crippen LogP contribution >= 0.6 is 23.2 Å². The van der Waals surface area contributed by atoms with Gasteiger partial charge in [0.2, 0.25) is 5.91 Å². The number of ether oxygens (including phenoxy) is 2. The van der Waals surface area contributed by atoms with E-state index in [-0.39, 0.29) is 5.91 Å². The minimum atomic E-state index is -1.01. The largest absolute Gasteiger partial charge is 0.497 e. The van der Waals surface area contributed by atoms with Gasteiger partial charge in [-0.2, -0.15) is 0 Å². The van der Waals surface area contributed by atoms with Crippen molar-refractivity contribution in [2.24, 2.45) is 5.92 Å². The third-order valence-corrected chi connectivity index (χ3v) is 6.51. The molecule has 5 rings (SSSR count). The minimum absolute atomic E-state index is 0.378. The van der Waals surface area contributed by atoms with E-state index in [1.807, 2.05) is 6.07 Å². The predicted molar refractivity (Wildman–Crippen MR) is 129 cm³/mol. The van der Waals surface area contributed by atoms with Crippen molar-refractivity contribution in [2.45, 2.75) is 12.1 Å². The van der Waals surface area contributed by atoms with Crippen molar-refractivity contribution in [1.29, 1.82) is 0 Å². The number of nitrogens with zero attached hydrogens (tertiary/aromatic N) is 2. The smallest absolute Gasteiger partial charge is 0.266 e. The van der Waals surface area contributed by atoms with E-state index in [9.17, 15) is 9.59 Å². The van der Waals surface area contributed by atoms with Gasteiger partial charge in [-0.15, -0.1) is 0 Å². The lowest BCUT2D eigenvalue weighted by Gasteiger charge is -2.29. The number of methoxy groups -OCH3 is 2. The third-order valence-electron chi connectivity index (χ3n) is 6.02. The predicted octanol–water partition coefficient (Wildman–Crippen LogP) is 5.06. The molecule has 174 valence electrons. The van der Waals surface area contributed by atoms with E-state index in [4.69, 9.17) is 37.5 Å². The maximum atomic E-state index is 13.7. The summed E-state index contributed by atoms with van der Waals surface area (Å²) in [7, 11) is 3.10. The van der Waals surface area contributed by atoms with Crippen molar-refractivity contribution in [3.05, 3.63) is 82.3 Å². The molecule has 2 amide bonds. The van der Waals surface area contributed by atoms with Crippen LogP contribution in [0.1, 0.15) is 11.6 Å². The molecule has 3 aromatic carbocycles. The van der Waals surface area contributed by atoms with Crippen LogP contribution in [0.25, 0.3) is 0 Å². The Kier molecular flexibility index (Phi) is 5.85. The molecule has 2 saturated heterocycles. The standard InChI is InChI=1S/C25H20Cl2N2O5/c1-32-18-10-11-19(20(13-18)33-2)22-21-23(34-29(22)16-8-6-14(26)7-9-16)25(31)28(24(21)30)17-5-3-4-15(27)12-17/h3-13,21-23H,1-2H3/t21-,22+,23+/m1/s1. The molecule has 9 heteroatoms. The first-order valence-electron chi connectivity index (χ1n) is 10.5. The average Bonchev–Trinajstić information content (AvgIpc) is 3.34. The number of hydrogen-bond donors (Lipinski definition) is 0. The van der Waals surface area contributed by atoms with Gasteiger partial charge in [0.1, 0.15) is 17.4 Å². The van der Waals surface area contributed by atoms with E-state index < -0.39 is 24.0 Å². The van der Waals surface area contributed by atoms with Crippen molar-refractivity contribution >= 4 is 46.4 Å². The van der Waals surface area contributed by atoms with Crippen molar-refractivity contribution in [3.8, 4) is 11.5 Å². The summed E-state index contributed by atoms with van der Waals surface area (Å²) in [6.45, 7) is 0. The molecular weight excluding hydrogens is 479 g/mol. The summed E-state index contributed by atoms with van der Waals surface area (Å²) in [6, 6.07) is 18.3. The summed E-state index contributed by atoms with van der Waals surface area (Å²) in [5.41, 5.74) is 1.73. The van der Waals surface area contributed by atoms with Crippen LogP contribution in [0.5, 0.6) is 11.5 Å². The molecule has 0 radical (unpaired) electrons. The van der Waals surface area contributed by atoms with E-state index in [1.165, 1.54) is 7.11 Å². The van der Waals surface area contributed by atoms with Crippen LogP contribution in [0, 0.1) is 5.92 Å². The molecule has 2 aliphatic heterocycles. The highest BCUT2D eigenvalue weighted by atomic mass is 35.5. The Labute approximate surface area is 206 Å². The van der Waals surface area contributed by atoms with Crippen molar-refractivity contribution in [3.63, 3.8) is 0 Å². The Morgan fingerprint density at radius 2 is 1.59 bits per heavy atom. The quantitative estimate of drug-likeness (QED) is 0.458. The van der Waals surface area contributed by atoms with Crippen LogP contribution in [-0.4, -0.2) is 32.1 Å². The lowest BCUT2D eigenvalue weighted by molar-refractivity contribution is -0.126. The van der Waals surface area contributed by atoms with Crippen molar-refractivity contribution in [1.82, 2.24) is 0 Å². The highest BCUT2D eigenvalue weighted by Crippen LogP contribution is 2.50. The number of amides is 2. The van der Waals surface area contributed by atoms with Crippen LogP contribution in [-0.2, 0) is 14.4 Å². The van der Waals surface area contributed by atoms with Crippen molar-refractivity contribution in [2.75, 3.05) is 24.2 Å². The number of fused-ring (bicyclic) bond motifs is 1. The number of carbonyl (C=O) groups is 2. The average molecular weight is 499 g/mol. The molecule has 0 bridgehead atoms. The van der Waals surface area contributed by atoms with Gasteiger partial charge in [-0.05, 0) is 54.6 Å². The summed E-state index contributed by atoms with van der Waals surface area (Å²) < 4.78 is 11.0. The van der Waals surface area contributed by atoms with Gasteiger partial charge in [-0.3, -0.25) is 14.4 Å². The SMILES string of the molecule is COc1ccc([C@H]2[C@H]3C(=O)N(c4cccc(Cl)c4)C(=O)[C@H]3ON2c2ccc(Cl)cc2)c(OC)c1. The van der Waals surface area contributed by atoms with Gasteiger partial charge in [-0.1, -0.05) is 29.3 Å².